The highest BCUT2D eigenvalue weighted by atomic mass is 32.2. The van der Waals surface area contributed by atoms with Gasteiger partial charge in [0.15, 0.2) is 5.69 Å². The highest BCUT2D eigenvalue weighted by Crippen LogP contribution is 2.25. The van der Waals surface area contributed by atoms with Crippen LogP contribution < -0.4 is 5.56 Å². The average Bonchev–Trinajstić information content (AvgIpc) is 3.02. The summed E-state index contributed by atoms with van der Waals surface area (Å²) in [5.41, 5.74) is 0.529. The van der Waals surface area contributed by atoms with Crippen molar-refractivity contribution >= 4 is 31.6 Å². The third kappa shape index (κ3) is 4.96. The van der Waals surface area contributed by atoms with Crippen LogP contribution >= 0.6 is 0 Å². The lowest BCUT2D eigenvalue weighted by Crippen LogP contribution is -2.14. The van der Waals surface area contributed by atoms with Gasteiger partial charge in [0.1, 0.15) is 0 Å². The molecule has 3 rings (SSSR count). The van der Waals surface area contributed by atoms with Gasteiger partial charge in [-0.05, 0) is 54.4 Å². The SMILES string of the molecule is CC(C)c1[nH]n(-c2ccc(S(=O)(=O)O)cc2)c(=O)c1N=Nc1ccc(S(=O)(=O)O)cc1. The van der Waals surface area contributed by atoms with Crippen molar-refractivity contribution in [2.45, 2.75) is 29.6 Å². The van der Waals surface area contributed by atoms with E-state index in [4.69, 9.17) is 9.11 Å². The van der Waals surface area contributed by atoms with Crippen LogP contribution in [-0.2, 0) is 20.2 Å². The second-order valence-corrected chi connectivity index (χ2v) is 9.65. The number of hydrogen-bond acceptors (Lipinski definition) is 7. The summed E-state index contributed by atoms with van der Waals surface area (Å²) in [5.74, 6) is -0.137. The van der Waals surface area contributed by atoms with Crippen molar-refractivity contribution < 1.29 is 25.9 Å². The van der Waals surface area contributed by atoms with E-state index in [0.717, 1.165) is 24.3 Å². The lowest BCUT2D eigenvalue weighted by Gasteiger charge is -2.04. The van der Waals surface area contributed by atoms with Gasteiger partial charge in [-0.3, -0.25) is 19.0 Å². The van der Waals surface area contributed by atoms with Crippen molar-refractivity contribution in [1.29, 1.82) is 0 Å². The van der Waals surface area contributed by atoms with Crippen LogP contribution in [0.5, 0.6) is 0 Å². The molecular weight excluding hydrogens is 448 g/mol. The summed E-state index contributed by atoms with van der Waals surface area (Å²) in [4.78, 5) is 12.3. The largest absolute Gasteiger partial charge is 0.299 e. The van der Waals surface area contributed by atoms with Crippen LogP contribution in [0.1, 0.15) is 25.5 Å². The molecule has 0 fully saturated rings. The smallest absolute Gasteiger partial charge is 0.292 e. The van der Waals surface area contributed by atoms with E-state index in [1.54, 1.807) is 0 Å². The number of nitrogens with zero attached hydrogens (tertiary/aromatic N) is 3. The standard InChI is InChI=1S/C18H18N4O7S2/c1-11(2)16-17(20-19-12-3-7-14(8-4-12)30(24,25)26)18(23)22(21-16)13-5-9-15(10-6-13)31(27,28)29/h3-11,21H,1-2H3,(H,24,25,26)(H,27,28,29). The third-order valence-corrected chi connectivity index (χ3v) is 6.00. The van der Waals surface area contributed by atoms with Crippen LogP contribution in [0.2, 0.25) is 0 Å². The van der Waals surface area contributed by atoms with E-state index < -0.39 is 25.8 Å². The van der Waals surface area contributed by atoms with E-state index in [-0.39, 0.29) is 27.1 Å². The van der Waals surface area contributed by atoms with Crippen molar-refractivity contribution in [2.75, 3.05) is 0 Å². The first kappa shape index (κ1) is 22.6. The molecule has 13 heteroatoms. The van der Waals surface area contributed by atoms with Crippen LogP contribution in [-0.4, -0.2) is 35.7 Å². The number of benzene rings is 2. The minimum Gasteiger partial charge on any atom is -0.292 e. The molecule has 3 aromatic rings. The summed E-state index contributed by atoms with van der Waals surface area (Å²) in [7, 11) is -8.70. The number of nitrogens with one attached hydrogen (secondary N) is 1. The van der Waals surface area contributed by atoms with Crippen LogP contribution in [0.3, 0.4) is 0 Å². The van der Waals surface area contributed by atoms with E-state index in [2.05, 4.69) is 15.3 Å². The van der Waals surface area contributed by atoms with Gasteiger partial charge in [0.25, 0.3) is 25.8 Å². The lowest BCUT2D eigenvalue weighted by molar-refractivity contribution is 0.481. The van der Waals surface area contributed by atoms with Crippen molar-refractivity contribution in [1.82, 2.24) is 9.78 Å². The fraction of sp³-hybridized carbons (Fsp3) is 0.167. The normalized spacial score (nSPS) is 12.7. The minimum absolute atomic E-state index is 0.0210. The topological polar surface area (TPSA) is 171 Å². The number of aromatic nitrogens is 2. The first-order chi connectivity index (χ1) is 14.4. The van der Waals surface area contributed by atoms with Gasteiger partial charge in [0.2, 0.25) is 0 Å². The van der Waals surface area contributed by atoms with Crippen LogP contribution in [0.4, 0.5) is 11.4 Å². The van der Waals surface area contributed by atoms with E-state index in [1.807, 2.05) is 13.8 Å². The Bertz CT molecular complexity index is 1400. The van der Waals surface area contributed by atoms with Crippen molar-refractivity contribution in [3.63, 3.8) is 0 Å². The molecule has 0 unspecified atom stereocenters. The Morgan fingerprint density at radius 3 is 1.77 bits per heavy atom. The molecule has 3 N–H and O–H groups in total. The fourth-order valence-corrected chi connectivity index (χ4v) is 3.65. The molecular formula is C18H18N4O7S2. The number of aromatic amines is 1. The van der Waals surface area contributed by atoms with Gasteiger partial charge >= 0.3 is 0 Å². The lowest BCUT2D eigenvalue weighted by atomic mass is 10.1. The molecule has 0 radical (unpaired) electrons. The summed E-state index contributed by atoms with van der Waals surface area (Å²) < 4.78 is 63.9. The molecule has 0 bridgehead atoms. The molecule has 0 spiro atoms. The first-order valence-electron chi connectivity index (χ1n) is 8.80. The second-order valence-electron chi connectivity index (χ2n) is 6.81. The zero-order valence-electron chi connectivity index (χ0n) is 16.3. The summed E-state index contributed by atoms with van der Waals surface area (Å²) >= 11 is 0. The Morgan fingerprint density at radius 1 is 0.839 bits per heavy atom. The Kier molecular flexibility index (Phi) is 5.96. The second kappa shape index (κ2) is 8.19. The molecule has 0 aliphatic carbocycles. The first-order valence-corrected chi connectivity index (χ1v) is 11.7. The molecule has 0 atom stereocenters. The van der Waals surface area contributed by atoms with Gasteiger partial charge in [-0.25, -0.2) is 4.68 Å². The third-order valence-electron chi connectivity index (χ3n) is 4.26. The molecule has 1 aromatic heterocycles. The molecule has 2 aromatic carbocycles. The zero-order chi connectivity index (χ0) is 23.0. The maximum absolute atomic E-state index is 12.9. The Hall–Kier alpha value is -3.13. The van der Waals surface area contributed by atoms with Gasteiger partial charge in [0, 0.05) is 0 Å². The van der Waals surface area contributed by atoms with Gasteiger partial charge in [-0.2, -0.15) is 21.9 Å². The van der Waals surface area contributed by atoms with Crippen molar-refractivity contribution in [3.05, 3.63) is 64.6 Å². The van der Waals surface area contributed by atoms with Crippen LogP contribution in [0.25, 0.3) is 5.69 Å². The number of azo groups is 1. The molecule has 0 saturated heterocycles. The monoisotopic (exact) mass is 466 g/mol. The molecule has 31 heavy (non-hydrogen) atoms. The van der Waals surface area contributed by atoms with E-state index in [9.17, 15) is 21.6 Å². The Labute approximate surface area is 177 Å². The molecule has 11 nitrogen and oxygen atoms in total. The highest BCUT2D eigenvalue weighted by Gasteiger charge is 2.18. The molecule has 0 amide bonds. The molecule has 164 valence electrons. The number of H-pyrrole nitrogens is 1. The molecule has 0 aliphatic rings. The van der Waals surface area contributed by atoms with E-state index in [1.165, 1.54) is 28.9 Å². The quantitative estimate of drug-likeness (QED) is 0.369. The van der Waals surface area contributed by atoms with E-state index in [0.29, 0.717) is 11.4 Å². The summed E-state index contributed by atoms with van der Waals surface area (Å²) in [6, 6.07) is 9.95. The van der Waals surface area contributed by atoms with Gasteiger partial charge in [0.05, 0.1) is 26.9 Å². The van der Waals surface area contributed by atoms with Crippen LogP contribution in [0, 0.1) is 0 Å². The van der Waals surface area contributed by atoms with Crippen molar-refractivity contribution in [3.8, 4) is 5.69 Å². The van der Waals surface area contributed by atoms with Crippen molar-refractivity contribution in [2.24, 2.45) is 10.2 Å². The maximum Gasteiger partial charge on any atom is 0.299 e. The zero-order valence-corrected chi connectivity index (χ0v) is 17.9. The van der Waals surface area contributed by atoms with Gasteiger partial charge < -0.3 is 0 Å². The summed E-state index contributed by atoms with van der Waals surface area (Å²) in [5, 5.41) is 10.9. The summed E-state index contributed by atoms with van der Waals surface area (Å²) in [6.07, 6.45) is 0. The minimum atomic E-state index is -4.36. The molecule has 0 aliphatic heterocycles. The number of rotatable bonds is 6. The fourth-order valence-electron chi connectivity index (χ4n) is 2.69. The predicted octanol–water partition coefficient (Wildman–Crippen LogP) is 3.20. The molecule has 0 saturated carbocycles. The maximum atomic E-state index is 12.9. The highest BCUT2D eigenvalue weighted by molar-refractivity contribution is 7.86. The summed E-state index contributed by atoms with van der Waals surface area (Å²) in [6.45, 7) is 3.66. The van der Waals surface area contributed by atoms with Gasteiger partial charge in [-0.15, -0.1) is 5.11 Å². The number of hydrogen-bond donors (Lipinski definition) is 3. The molecule has 1 heterocycles. The predicted molar refractivity (Wildman–Crippen MR) is 111 cm³/mol. The van der Waals surface area contributed by atoms with Gasteiger partial charge in [-0.1, -0.05) is 13.8 Å². The van der Waals surface area contributed by atoms with E-state index >= 15 is 0 Å². The average molecular weight is 466 g/mol. The Morgan fingerprint density at radius 2 is 1.32 bits per heavy atom. The van der Waals surface area contributed by atoms with Crippen LogP contribution in [0.15, 0.2) is 73.3 Å². The Balaban J connectivity index is 2.01.